The van der Waals surface area contributed by atoms with E-state index in [1.807, 2.05) is 6.07 Å². The zero-order valence-corrected chi connectivity index (χ0v) is 15.9. The van der Waals surface area contributed by atoms with Crippen LogP contribution in [0.1, 0.15) is 23.2 Å². The Bertz CT molecular complexity index is 1030. The van der Waals surface area contributed by atoms with E-state index in [4.69, 9.17) is 4.74 Å². The Morgan fingerprint density at radius 1 is 1.28 bits per heavy atom. The molecule has 2 unspecified atom stereocenters. The fraction of sp³-hybridized carbons (Fsp3) is 0.381. The van der Waals surface area contributed by atoms with E-state index in [1.54, 1.807) is 30.5 Å². The van der Waals surface area contributed by atoms with Crippen molar-refractivity contribution in [1.82, 2.24) is 25.8 Å². The van der Waals surface area contributed by atoms with Gasteiger partial charge >= 0.3 is 0 Å². The summed E-state index contributed by atoms with van der Waals surface area (Å²) in [6, 6.07) is 8.62. The second-order valence-corrected chi connectivity index (χ2v) is 7.73. The number of aromatic amines is 1. The number of aromatic hydroxyl groups is 1. The topological polar surface area (TPSA) is 112 Å². The molecule has 2 aliphatic rings. The molecule has 3 aromatic rings. The maximum atomic E-state index is 13.4. The van der Waals surface area contributed by atoms with Gasteiger partial charge in [-0.3, -0.25) is 15.2 Å². The monoisotopic (exact) mass is 393 g/mol. The van der Waals surface area contributed by atoms with Crippen LogP contribution >= 0.6 is 0 Å². The Balaban J connectivity index is 1.44. The molecule has 2 fully saturated rings. The second kappa shape index (κ2) is 7.22. The Morgan fingerprint density at radius 3 is 2.86 bits per heavy atom. The van der Waals surface area contributed by atoms with Crippen molar-refractivity contribution in [2.24, 2.45) is 5.92 Å². The number of carbonyl (C=O) groups is 1. The summed E-state index contributed by atoms with van der Waals surface area (Å²) in [5, 5.41) is 24.1. The van der Waals surface area contributed by atoms with Crippen molar-refractivity contribution in [3.8, 4) is 17.0 Å². The number of hydrogen-bond acceptors (Lipinski definition) is 7. The maximum absolute atomic E-state index is 13.4. The predicted octanol–water partition coefficient (Wildman–Crippen LogP) is 1.83. The number of benzene rings is 1. The second-order valence-electron chi connectivity index (χ2n) is 7.73. The van der Waals surface area contributed by atoms with Crippen LogP contribution < -0.4 is 10.6 Å². The number of morpholine rings is 1. The van der Waals surface area contributed by atoms with Crippen LogP contribution in [0.3, 0.4) is 0 Å². The van der Waals surface area contributed by atoms with E-state index in [9.17, 15) is 9.90 Å². The molecule has 2 saturated heterocycles. The van der Waals surface area contributed by atoms with E-state index in [0.717, 1.165) is 36.9 Å². The van der Waals surface area contributed by atoms with E-state index >= 15 is 0 Å². The third-order valence-electron chi connectivity index (χ3n) is 5.86. The summed E-state index contributed by atoms with van der Waals surface area (Å²) in [4.78, 5) is 18.0. The van der Waals surface area contributed by atoms with Gasteiger partial charge in [-0.05, 0) is 43.2 Å². The summed E-state index contributed by atoms with van der Waals surface area (Å²) in [6.45, 7) is 2.89. The number of rotatable bonds is 3. The normalized spacial score (nSPS) is 24.8. The van der Waals surface area contributed by atoms with Crippen molar-refractivity contribution in [2.75, 3.05) is 26.2 Å². The number of aromatic nitrogens is 3. The Labute approximate surface area is 167 Å². The van der Waals surface area contributed by atoms with E-state index < -0.39 is 0 Å². The summed E-state index contributed by atoms with van der Waals surface area (Å²) >= 11 is 0. The summed E-state index contributed by atoms with van der Waals surface area (Å²) < 4.78 is 5.95. The smallest absolute Gasteiger partial charge is 0.168 e. The molecule has 8 heteroatoms. The SMILES string of the molecule is O=C(c1cc(-c2ccc(O)cc2)nc2[nH]ncc12)C1CCC2(CNCCO2)NC1. The molecule has 5 rings (SSSR count). The lowest BCUT2D eigenvalue weighted by atomic mass is 9.85. The molecule has 29 heavy (non-hydrogen) atoms. The van der Waals surface area contributed by atoms with Gasteiger partial charge in [0.2, 0.25) is 0 Å². The Morgan fingerprint density at radius 2 is 2.14 bits per heavy atom. The molecule has 4 heterocycles. The van der Waals surface area contributed by atoms with Crippen LogP contribution in [0.2, 0.25) is 0 Å². The van der Waals surface area contributed by atoms with Gasteiger partial charge in [0.05, 0.1) is 18.5 Å². The highest BCUT2D eigenvalue weighted by Gasteiger charge is 2.39. The number of ketones is 1. The third-order valence-corrected chi connectivity index (χ3v) is 5.86. The average Bonchev–Trinajstić information content (AvgIpc) is 3.23. The number of H-pyrrole nitrogens is 1. The van der Waals surface area contributed by atoms with Gasteiger partial charge in [-0.2, -0.15) is 5.10 Å². The molecule has 0 bridgehead atoms. The van der Waals surface area contributed by atoms with E-state index in [1.165, 1.54) is 0 Å². The zero-order valence-electron chi connectivity index (χ0n) is 15.9. The van der Waals surface area contributed by atoms with Crippen molar-refractivity contribution in [2.45, 2.75) is 18.6 Å². The number of nitrogens with zero attached hydrogens (tertiary/aromatic N) is 2. The van der Waals surface area contributed by atoms with Crippen LogP contribution in [-0.2, 0) is 4.74 Å². The minimum Gasteiger partial charge on any atom is -0.508 e. The molecule has 0 radical (unpaired) electrons. The number of hydrogen-bond donors (Lipinski definition) is 4. The number of phenolic OH excluding ortho intramolecular Hbond substituents is 1. The van der Waals surface area contributed by atoms with Gasteiger partial charge in [-0.25, -0.2) is 4.98 Å². The standard InChI is InChI=1S/C21H23N5O3/c27-15-3-1-13(2-4-15)18-9-16(17-11-24-26-20(17)25-18)19(28)14-5-6-21(23-10-14)12-22-7-8-29-21/h1-4,9,11,14,22-23,27H,5-8,10,12H2,(H,24,25,26). The maximum Gasteiger partial charge on any atom is 0.168 e. The van der Waals surface area contributed by atoms with Gasteiger partial charge in [0, 0.05) is 42.1 Å². The molecule has 1 spiro atoms. The summed E-state index contributed by atoms with van der Waals surface area (Å²) in [5.74, 6) is 0.151. The minimum atomic E-state index is -0.352. The van der Waals surface area contributed by atoms with E-state index in [2.05, 4.69) is 25.8 Å². The number of pyridine rings is 1. The van der Waals surface area contributed by atoms with Crippen LogP contribution in [-0.4, -0.2) is 58.0 Å². The first-order valence-electron chi connectivity index (χ1n) is 9.91. The van der Waals surface area contributed by atoms with Crippen molar-refractivity contribution in [3.63, 3.8) is 0 Å². The van der Waals surface area contributed by atoms with Crippen molar-refractivity contribution < 1.29 is 14.6 Å². The zero-order chi connectivity index (χ0) is 19.8. The molecule has 1 aromatic carbocycles. The largest absolute Gasteiger partial charge is 0.508 e. The number of piperidine rings is 1. The highest BCUT2D eigenvalue weighted by atomic mass is 16.5. The van der Waals surface area contributed by atoms with Gasteiger partial charge in [0.1, 0.15) is 11.5 Å². The lowest BCUT2D eigenvalue weighted by molar-refractivity contribution is -0.109. The fourth-order valence-corrected chi connectivity index (χ4v) is 4.20. The molecule has 0 aliphatic carbocycles. The number of Topliss-reactive ketones (excluding diaryl/α,β-unsaturated/α-hetero) is 1. The molecular formula is C21H23N5O3. The number of fused-ring (bicyclic) bond motifs is 1. The molecule has 2 atom stereocenters. The van der Waals surface area contributed by atoms with E-state index in [0.29, 0.717) is 30.1 Å². The predicted molar refractivity (Wildman–Crippen MR) is 108 cm³/mol. The van der Waals surface area contributed by atoms with Crippen molar-refractivity contribution in [3.05, 3.63) is 42.1 Å². The number of ether oxygens (including phenoxy) is 1. The highest BCUT2D eigenvalue weighted by Crippen LogP contribution is 2.31. The number of nitrogens with one attached hydrogen (secondary N) is 3. The molecule has 4 N–H and O–H groups in total. The summed E-state index contributed by atoms with van der Waals surface area (Å²) in [7, 11) is 0. The number of carbonyl (C=O) groups excluding carboxylic acids is 1. The van der Waals surface area contributed by atoms with Gasteiger partial charge in [-0.15, -0.1) is 0 Å². The lowest BCUT2D eigenvalue weighted by Gasteiger charge is -2.43. The first-order valence-corrected chi connectivity index (χ1v) is 9.91. The molecule has 8 nitrogen and oxygen atoms in total. The lowest BCUT2D eigenvalue weighted by Crippen LogP contribution is -2.62. The molecule has 2 aromatic heterocycles. The molecule has 2 aliphatic heterocycles. The molecular weight excluding hydrogens is 370 g/mol. The number of phenols is 1. The van der Waals surface area contributed by atoms with Crippen LogP contribution in [0.4, 0.5) is 0 Å². The summed E-state index contributed by atoms with van der Waals surface area (Å²) in [6.07, 6.45) is 3.21. The van der Waals surface area contributed by atoms with Crippen LogP contribution in [0.5, 0.6) is 5.75 Å². The molecule has 150 valence electrons. The van der Waals surface area contributed by atoms with E-state index in [-0.39, 0.29) is 23.2 Å². The fourth-order valence-electron chi connectivity index (χ4n) is 4.20. The van der Waals surface area contributed by atoms with Crippen LogP contribution in [0.25, 0.3) is 22.3 Å². The minimum absolute atomic E-state index is 0.0879. The van der Waals surface area contributed by atoms with Crippen molar-refractivity contribution in [1.29, 1.82) is 0 Å². The highest BCUT2D eigenvalue weighted by molar-refractivity contribution is 6.08. The van der Waals surface area contributed by atoms with Gasteiger partial charge in [0.15, 0.2) is 11.4 Å². The first kappa shape index (κ1) is 18.2. The molecule has 0 saturated carbocycles. The Hall–Kier alpha value is -2.81. The van der Waals surface area contributed by atoms with Gasteiger partial charge in [0.25, 0.3) is 0 Å². The quantitative estimate of drug-likeness (QED) is 0.502. The van der Waals surface area contributed by atoms with Crippen molar-refractivity contribution >= 4 is 16.8 Å². The molecule has 0 amide bonds. The third kappa shape index (κ3) is 3.39. The Kier molecular flexibility index (Phi) is 4.54. The van der Waals surface area contributed by atoms with Gasteiger partial charge in [-0.1, -0.05) is 0 Å². The summed E-state index contributed by atoms with van der Waals surface area (Å²) in [5.41, 5.74) is 2.35. The average molecular weight is 393 g/mol. The van der Waals surface area contributed by atoms with Gasteiger partial charge < -0.3 is 15.2 Å². The first-order chi connectivity index (χ1) is 14.1. The van der Waals surface area contributed by atoms with Crippen LogP contribution in [0.15, 0.2) is 36.5 Å². The van der Waals surface area contributed by atoms with Crippen LogP contribution in [0, 0.1) is 5.92 Å².